The maximum Gasteiger partial charge on any atom is 0.311 e. The maximum atomic E-state index is 12.4. The minimum absolute atomic E-state index is 0.219. The molecule has 0 aliphatic rings. The molecular weight excluding hydrogens is 334 g/mol. The predicted molar refractivity (Wildman–Crippen MR) is 93.8 cm³/mol. The lowest BCUT2D eigenvalue weighted by Gasteiger charge is -2.18. The molecule has 0 heterocycles. The van der Waals surface area contributed by atoms with Crippen molar-refractivity contribution in [3.05, 3.63) is 35.4 Å². The van der Waals surface area contributed by atoms with Crippen LogP contribution in [-0.2, 0) is 15.3 Å². The van der Waals surface area contributed by atoms with Gasteiger partial charge in [0.15, 0.2) is 5.11 Å². The first-order valence-electron chi connectivity index (χ1n) is 7.22. The molecule has 0 fully saturated rings. The van der Waals surface area contributed by atoms with Crippen LogP contribution in [0.5, 0.6) is 0 Å². The number of aryl methyl sites for hydroxylation is 1. The van der Waals surface area contributed by atoms with Gasteiger partial charge in [0.2, 0.25) is 5.91 Å². The Hall–Kier alpha value is -1.80. The number of hydrogen-bond acceptors (Lipinski definition) is 5. The van der Waals surface area contributed by atoms with Gasteiger partial charge in [-0.2, -0.15) is 12.8 Å². The van der Waals surface area contributed by atoms with Crippen LogP contribution in [0, 0.1) is 6.92 Å². The van der Waals surface area contributed by atoms with E-state index in [1.165, 1.54) is 0 Å². The summed E-state index contributed by atoms with van der Waals surface area (Å²) in [6.07, 6.45) is 0.954. The Morgan fingerprint density at radius 1 is 1.26 bits per heavy atom. The van der Waals surface area contributed by atoms with Crippen molar-refractivity contribution in [2.45, 2.75) is 38.6 Å². The third-order valence-corrected chi connectivity index (χ3v) is 4.24. The number of carbonyl (C=O) groups excluding carboxylic acids is 1. The third kappa shape index (κ3) is 6.87. The van der Waals surface area contributed by atoms with Crippen molar-refractivity contribution in [2.24, 2.45) is 4.36 Å². The highest BCUT2D eigenvalue weighted by Crippen LogP contribution is 2.23. The summed E-state index contributed by atoms with van der Waals surface area (Å²) >= 11 is 4.97. The van der Waals surface area contributed by atoms with Crippen molar-refractivity contribution in [2.75, 3.05) is 7.05 Å². The van der Waals surface area contributed by atoms with E-state index in [2.05, 4.69) is 15.0 Å². The number of hydrogen-bond donors (Lipinski definition) is 2. The highest BCUT2D eigenvalue weighted by molar-refractivity contribution is 7.80. The lowest BCUT2D eigenvalue weighted by atomic mass is 9.91. The second kappa shape index (κ2) is 9.36. The summed E-state index contributed by atoms with van der Waals surface area (Å²) in [5, 5.41) is 5.59. The van der Waals surface area contributed by atoms with Crippen molar-refractivity contribution in [3.8, 4) is 0 Å². The first-order valence-corrected chi connectivity index (χ1v) is 8.66. The molecule has 0 aliphatic heterocycles. The molecule has 6 nitrogen and oxygen atoms in total. The molecule has 126 valence electrons. The molecule has 0 bridgehead atoms. The predicted octanol–water partition coefficient (Wildman–Crippen LogP) is 1.93. The van der Waals surface area contributed by atoms with Crippen molar-refractivity contribution in [3.63, 3.8) is 0 Å². The molecule has 1 amide bonds. The Bertz CT molecular complexity index is 676. The Morgan fingerprint density at radius 2 is 1.87 bits per heavy atom. The number of nitrogens with one attached hydrogen (secondary N) is 2. The van der Waals surface area contributed by atoms with E-state index in [1.54, 1.807) is 14.0 Å². The fourth-order valence-electron chi connectivity index (χ4n) is 2.12. The lowest BCUT2D eigenvalue weighted by Crippen LogP contribution is -2.40. The van der Waals surface area contributed by atoms with E-state index in [-0.39, 0.29) is 17.1 Å². The van der Waals surface area contributed by atoms with Crippen LogP contribution >= 0.6 is 12.2 Å². The molecule has 1 aromatic carbocycles. The Labute approximate surface area is 143 Å². The zero-order chi connectivity index (χ0) is 17.4. The number of rotatable bonds is 6. The number of carbonyl (C=O) groups is 1. The topological polar surface area (TPSA) is 87.6 Å². The number of benzene rings is 1. The summed E-state index contributed by atoms with van der Waals surface area (Å²) < 4.78 is 24.8. The minimum atomic E-state index is -2.44. The molecule has 0 aromatic heterocycles. The second-order valence-electron chi connectivity index (χ2n) is 5.28. The van der Waals surface area contributed by atoms with Gasteiger partial charge in [-0.05, 0) is 44.5 Å². The molecule has 0 saturated heterocycles. The molecule has 0 aliphatic carbocycles. The first-order chi connectivity index (χ1) is 10.8. The van der Waals surface area contributed by atoms with Gasteiger partial charge in [0.25, 0.3) is 0 Å². The Balaban J connectivity index is 2.92. The van der Waals surface area contributed by atoms with Crippen LogP contribution in [0.2, 0.25) is 0 Å². The van der Waals surface area contributed by atoms with E-state index in [1.807, 2.05) is 31.2 Å². The van der Waals surface area contributed by atoms with Crippen LogP contribution in [0.25, 0.3) is 0 Å². The minimum Gasteiger partial charge on any atom is -0.365 e. The van der Waals surface area contributed by atoms with Gasteiger partial charge >= 0.3 is 10.5 Å². The molecule has 2 unspecified atom stereocenters. The highest BCUT2D eigenvalue weighted by atomic mass is 32.2. The zero-order valence-corrected chi connectivity index (χ0v) is 15.0. The molecule has 2 atom stereocenters. The second-order valence-corrected chi connectivity index (χ2v) is 6.33. The van der Waals surface area contributed by atoms with Crippen LogP contribution < -0.4 is 10.6 Å². The summed E-state index contributed by atoms with van der Waals surface area (Å²) in [6.45, 7) is 3.68. The van der Waals surface area contributed by atoms with Crippen LogP contribution in [0.3, 0.4) is 0 Å². The van der Waals surface area contributed by atoms with Crippen LogP contribution in [0.4, 0.5) is 0 Å². The zero-order valence-electron chi connectivity index (χ0n) is 13.4. The molecule has 8 heteroatoms. The Morgan fingerprint density at radius 3 is 2.39 bits per heavy atom. The number of thiocarbonyl (C=S) groups is 1. The molecule has 23 heavy (non-hydrogen) atoms. The van der Waals surface area contributed by atoms with Crippen molar-refractivity contribution in [1.82, 2.24) is 10.6 Å². The average Bonchev–Trinajstić information content (AvgIpc) is 2.48. The molecule has 1 rings (SSSR count). The smallest absolute Gasteiger partial charge is 0.311 e. The van der Waals surface area contributed by atoms with Crippen molar-refractivity contribution in [1.29, 1.82) is 0 Å². The number of nitrogens with zero attached hydrogens (tertiary/aromatic N) is 1. The quantitative estimate of drug-likeness (QED) is 0.761. The SMILES string of the molecule is CNC(=S)NC(=O)C(CCC(C)N=S(=O)=O)c1ccc(C)cc1. The van der Waals surface area contributed by atoms with Gasteiger partial charge < -0.3 is 10.6 Å². The monoisotopic (exact) mass is 355 g/mol. The molecule has 1 aromatic rings. The van der Waals surface area contributed by atoms with Gasteiger partial charge in [0.05, 0.1) is 12.0 Å². The van der Waals surface area contributed by atoms with Crippen LogP contribution in [-0.4, -0.2) is 32.5 Å². The van der Waals surface area contributed by atoms with Gasteiger partial charge in [-0.15, -0.1) is 0 Å². The van der Waals surface area contributed by atoms with Crippen molar-refractivity contribution >= 4 is 33.7 Å². The fraction of sp³-hybridized carbons (Fsp3) is 0.467. The van der Waals surface area contributed by atoms with Gasteiger partial charge in [-0.25, -0.2) is 0 Å². The van der Waals surface area contributed by atoms with E-state index in [0.717, 1.165) is 11.1 Å². The van der Waals surface area contributed by atoms with Crippen molar-refractivity contribution < 1.29 is 13.2 Å². The van der Waals surface area contributed by atoms with Gasteiger partial charge in [-0.1, -0.05) is 29.8 Å². The largest absolute Gasteiger partial charge is 0.365 e. The number of amides is 1. The van der Waals surface area contributed by atoms with E-state index in [0.29, 0.717) is 12.8 Å². The van der Waals surface area contributed by atoms with Crippen LogP contribution in [0.1, 0.15) is 36.8 Å². The third-order valence-electron chi connectivity index (χ3n) is 3.40. The normalized spacial score (nSPS) is 12.8. The van der Waals surface area contributed by atoms with E-state index < -0.39 is 16.4 Å². The van der Waals surface area contributed by atoms with E-state index >= 15 is 0 Å². The summed E-state index contributed by atoms with van der Waals surface area (Å²) in [4.78, 5) is 12.4. The summed E-state index contributed by atoms with van der Waals surface area (Å²) in [7, 11) is -0.803. The fourth-order valence-corrected chi connectivity index (χ4v) is 2.62. The molecular formula is C15H21N3O3S2. The molecule has 0 spiro atoms. The molecule has 0 saturated carbocycles. The van der Waals surface area contributed by atoms with Crippen LogP contribution in [0.15, 0.2) is 28.6 Å². The molecule has 2 N–H and O–H groups in total. The summed E-state index contributed by atoms with van der Waals surface area (Å²) in [6, 6.07) is 7.30. The average molecular weight is 355 g/mol. The van der Waals surface area contributed by atoms with Gasteiger partial charge in [0.1, 0.15) is 0 Å². The van der Waals surface area contributed by atoms with Gasteiger partial charge in [-0.3, -0.25) is 4.79 Å². The standard InChI is InChI=1S/C15H21N3O3S2/c1-10-4-7-12(8-5-10)13(14(19)17-15(22)16-3)9-6-11(2)18-23(20)21/h4-5,7-8,11,13H,6,9H2,1-3H3,(H2,16,17,19,22). The Kier molecular flexibility index (Phi) is 7.84. The summed E-state index contributed by atoms with van der Waals surface area (Å²) in [5.41, 5.74) is 1.96. The maximum absolute atomic E-state index is 12.4. The van der Waals surface area contributed by atoms with E-state index in [9.17, 15) is 13.2 Å². The van der Waals surface area contributed by atoms with Gasteiger partial charge in [0, 0.05) is 7.05 Å². The lowest BCUT2D eigenvalue weighted by molar-refractivity contribution is -0.121. The highest BCUT2D eigenvalue weighted by Gasteiger charge is 2.22. The van der Waals surface area contributed by atoms with E-state index in [4.69, 9.17) is 12.2 Å². The summed E-state index contributed by atoms with van der Waals surface area (Å²) in [5.74, 6) is -0.636. The molecule has 0 radical (unpaired) electrons. The first kappa shape index (κ1) is 19.2.